The summed E-state index contributed by atoms with van der Waals surface area (Å²) in [6.45, 7) is 4.48. The van der Waals surface area contributed by atoms with E-state index in [0.29, 0.717) is 13.1 Å². The largest absolute Gasteiger partial charge is 0.478 e. The van der Waals surface area contributed by atoms with Gasteiger partial charge in [-0.05, 0) is 19.9 Å². The Bertz CT molecular complexity index is 549. The highest BCUT2D eigenvalue weighted by Gasteiger charge is 2.34. The predicted octanol–water partition coefficient (Wildman–Crippen LogP) is 0.557. The molecule has 0 aliphatic carbocycles. The van der Waals surface area contributed by atoms with Crippen molar-refractivity contribution >= 4 is 17.8 Å². The van der Waals surface area contributed by atoms with Crippen LogP contribution < -0.4 is 0 Å². The molecule has 1 fully saturated rings. The van der Waals surface area contributed by atoms with Gasteiger partial charge in [0.25, 0.3) is 0 Å². The van der Waals surface area contributed by atoms with E-state index in [4.69, 9.17) is 9.52 Å². The number of aromatic carboxylic acids is 1. The summed E-state index contributed by atoms with van der Waals surface area (Å²) in [5, 5.41) is 8.98. The summed E-state index contributed by atoms with van der Waals surface area (Å²) >= 11 is 0. The van der Waals surface area contributed by atoms with Gasteiger partial charge in [0, 0.05) is 19.1 Å². The van der Waals surface area contributed by atoms with Crippen molar-refractivity contribution in [2.24, 2.45) is 0 Å². The van der Waals surface area contributed by atoms with Crippen molar-refractivity contribution in [3.05, 3.63) is 23.7 Å². The first-order valence-corrected chi connectivity index (χ1v) is 6.31. The summed E-state index contributed by atoms with van der Waals surface area (Å²) in [6, 6.07) is 1.29. The molecule has 0 saturated carbocycles. The number of furan rings is 1. The zero-order valence-corrected chi connectivity index (χ0v) is 11.3. The van der Waals surface area contributed by atoms with Crippen LogP contribution in [-0.4, -0.2) is 51.8 Å². The van der Waals surface area contributed by atoms with E-state index in [1.54, 1.807) is 0 Å². The van der Waals surface area contributed by atoms with Crippen molar-refractivity contribution < 1.29 is 23.9 Å². The number of rotatable bonds is 4. The van der Waals surface area contributed by atoms with Gasteiger partial charge in [0.1, 0.15) is 11.3 Å². The van der Waals surface area contributed by atoms with Gasteiger partial charge >= 0.3 is 17.8 Å². The molecule has 0 unspecified atom stereocenters. The van der Waals surface area contributed by atoms with Crippen LogP contribution in [0.2, 0.25) is 0 Å². The van der Waals surface area contributed by atoms with E-state index in [2.05, 4.69) is 0 Å². The molecule has 108 valence electrons. The van der Waals surface area contributed by atoms with Gasteiger partial charge in [-0.25, -0.2) is 4.79 Å². The van der Waals surface area contributed by atoms with Gasteiger partial charge in [0.05, 0.1) is 12.8 Å². The van der Waals surface area contributed by atoms with Crippen molar-refractivity contribution in [3.63, 3.8) is 0 Å². The zero-order chi connectivity index (χ0) is 14.9. The molecule has 7 nitrogen and oxygen atoms in total. The third kappa shape index (κ3) is 2.52. The molecule has 2 rings (SSSR count). The Balaban J connectivity index is 2.12. The lowest BCUT2D eigenvalue weighted by Crippen LogP contribution is -2.55. The summed E-state index contributed by atoms with van der Waals surface area (Å²) in [6.07, 6.45) is 1.26. The molecule has 0 bridgehead atoms. The first-order valence-electron chi connectivity index (χ1n) is 6.31. The summed E-state index contributed by atoms with van der Waals surface area (Å²) in [5.74, 6) is -2.13. The molecule has 1 saturated heterocycles. The molecule has 1 aliphatic rings. The van der Waals surface area contributed by atoms with Crippen molar-refractivity contribution in [1.82, 2.24) is 9.80 Å². The van der Waals surface area contributed by atoms with Crippen LogP contribution in [0.3, 0.4) is 0 Å². The quantitative estimate of drug-likeness (QED) is 0.814. The van der Waals surface area contributed by atoms with Crippen molar-refractivity contribution in [2.45, 2.75) is 26.4 Å². The van der Waals surface area contributed by atoms with Crippen LogP contribution in [-0.2, 0) is 16.1 Å². The highest BCUT2D eigenvalue weighted by Crippen LogP contribution is 2.16. The number of carbonyl (C=O) groups is 3. The van der Waals surface area contributed by atoms with Crippen LogP contribution in [0.5, 0.6) is 0 Å². The molecule has 0 aromatic carbocycles. The molecule has 2 heterocycles. The minimum absolute atomic E-state index is 0.00879. The van der Waals surface area contributed by atoms with Gasteiger partial charge in [0.15, 0.2) is 0 Å². The maximum atomic E-state index is 12.0. The summed E-state index contributed by atoms with van der Waals surface area (Å²) in [5.41, 5.74) is 0.0107. The van der Waals surface area contributed by atoms with E-state index in [0.717, 1.165) is 0 Å². The molecule has 1 aromatic heterocycles. The SMILES string of the molecule is CC(C)N1CCN(Cc2occc2C(=O)O)C(=O)C1=O. The van der Waals surface area contributed by atoms with Crippen LogP contribution in [0.1, 0.15) is 30.0 Å². The van der Waals surface area contributed by atoms with E-state index in [1.807, 2.05) is 13.8 Å². The third-order valence-electron chi connectivity index (χ3n) is 3.28. The number of piperazine rings is 1. The lowest BCUT2D eigenvalue weighted by molar-refractivity contribution is -0.157. The molecule has 0 atom stereocenters. The van der Waals surface area contributed by atoms with Gasteiger partial charge in [-0.3, -0.25) is 9.59 Å². The van der Waals surface area contributed by atoms with Crippen LogP contribution in [0.4, 0.5) is 0 Å². The zero-order valence-electron chi connectivity index (χ0n) is 11.3. The lowest BCUT2D eigenvalue weighted by atomic mass is 10.2. The van der Waals surface area contributed by atoms with E-state index >= 15 is 0 Å². The number of nitrogens with zero attached hydrogens (tertiary/aromatic N) is 2. The Morgan fingerprint density at radius 3 is 2.65 bits per heavy atom. The topological polar surface area (TPSA) is 91.1 Å². The molecular weight excluding hydrogens is 264 g/mol. The average Bonchev–Trinajstić information content (AvgIpc) is 2.83. The number of amides is 2. The maximum absolute atomic E-state index is 12.0. The molecule has 1 aliphatic heterocycles. The minimum atomic E-state index is -1.12. The first-order chi connectivity index (χ1) is 9.41. The van der Waals surface area contributed by atoms with Crippen molar-refractivity contribution in [1.29, 1.82) is 0 Å². The number of carbonyl (C=O) groups excluding carboxylic acids is 2. The van der Waals surface area contributed by atoms with Crippen molar-refractivity contribution in [2.75, 3.05) is 13.1 Å². The Labute approximate surface area is 115 Å². The molecule has 7 heteroatoms. The second-order valence-corrected chi connectivity index (χ2v) is 4.88. The smallest absolute Gasteiger partial charge is 0.339 e. The van der Waals surface area contributed by atoms with E-state index in [-0.39, 0.29) is 23.9 Å². The number of carboxylic acids is 1. The second kappa shape index (κ2) is 5.36. The average molecular weight is 280 g/mol. The molecular formula is C13H16N2O5. The van der Waals surface area contributed by atoms with E-state index in [1.165, 1.54) is 22.1 Å². The van der Waals surface area contributed by atoms with Crippen LogP contribution in [0.15, 0.2) is 16.7 Å². The summed E-state index contributed by atoms with van der Waals surface area (Å²) in [7, 11) is 0. The van der Waals surface area contributed by atoms with Crippen molar-refractivity contribution in [3.8, 4) is 0 Å². The molecule has 1 aromatic rings. The first kappa shape index (κ1) is 14.1. The Hall–Kier alpha value is -2.31. The maximum Gasteiger partial charge on any atom is 0.339 e. The Morgan fingerprint density at radius 1 is 1.35 bits per heavy atom. The van der Waals surface area contributed by atoms with Crippen LogP contribution in [0, 0.1) is 0 Å². The fourth-order valence-corrected chi connectivity index (χ4v) is 2.16. The van der Waals surface area contributed by atoms with E-state index < -0.39 is 17.8 Å². The third-order valence-corrected chi connectivity index (χ3v) is 3.28. The molecule has 0 spiro atoms. The van der Waals surface area contributed by atoms with Gasteiger partial charge < -0.3 is 19.3 Å². The molecule has 1 N–H and O–H groups in total. The van der Waals surface area contributed by atoms with E-state index in [9.17, 15) is 14.4 Å². The fourth-order valence-electron chi connectivity index (χ4n) is 2.16. The Morgan fingerprint density at radius 2 is 2.05 bits per heavy atom. The summed E-state index contributed by atoms with van der Waals surface area (Å²) in [4.78, 5) is 37.7. The lowest BCUT2D eigenvalue weighted by Gasteiger charge is -2.35. The molecule has 0 radical (unpaired) electrons. The number of carboxylic acid groups (broad SMARTS) is 1. The highest BCUT2D eigenvalue weighted by molar-refractivity contribution is 6.35. The summed E-state index contributed by atoms with van der Waals surface area (Å²) < 4.78 is 5.09. The normalized spacial score (nSPS) is 16.1. The monoisotopic (exact) mass is 280 g/mol. The predicted molar refractivity (Wildman–Crippen MR) is 67.9 cm³/mol. The van der Waals surface area contributed by atoms with Gasteiger partial charge in [-0.1, -0.05) is 0 Å². The number of hydrogen-bond donors (Lipinski definition) is 1. The van der Waals surface area contributed by atoms with Gasteiger partial charge in [0.2, 0.25) is 0 Å². The Kier molecular flexibility index (Phi) is 3.78. The molecule has 2 amide bonds. The van der Waals surface area contributed by atoms with Gasteiger partial charge in [-0.15, -0.1) is 0 Å². The van der Waals surface area contributed by atoms with Gasteiger partial charge in [-0.2, -0.15) is 0 Å². The van der Waals surface area contributed by atoms with Crippen LogP contribution >= 0.6 is 0 Å². The second-order valence-electron chi connectivity index (χ2n) is 4.88. The highest BCUT2D eigenvalue weighted by atomic mass is 16.4. The minimum Gasteiger partial charge on any atom is -0.478 e. The standard InChI is InChI=1S/C13H16N2O5/c1-8(2)15-5-4-14(11(16)12(15)17)7-10-9(13(18)19)3-6-20-10/h3,6,8H,4-5,7H2,1-2H3,(H,18,19). The number of hydrogen-bond acceptors (Lipinski definition) is 4. The fraction of sp³-hybridized carbons (Fsp3) is 0.462. The molecule has 20 heavy (non-hydrogen) atoms. The van der Waals surface area contributed by atoms with Crippen LogP contribution in [0.25, 0.3) is 0 Å².